The van der Waals surface area contributed by atoms with Gasteiger partial charge in [0.25, 0.3) is 0 Å². The molecule has 0 aliphatic carbocycles. The fraction of sp³-hybridized carbons (Fsp3) is 0. The van der Waals surface area contributed by atoms with E-state index in [0.29, 0.717) is 17.5 Å². The predicted molar refractivity (Wildman–Crippen MR) is 244 cm³/mol. The van der Waals surface area contributed by atoms with Crippen LogP contribution in [0, 0.1) is 0 Å². The van der Waals surface area contributed by atoms with Crippen molar-refractivity contribution in [2.75, 3.05) is 0 Å². The minimum atomic E-state index is 0.641. The lowest BCUT2D eigenvalue weighted by molar-refractivity contribution is 1.08. The molecule has 0 saturated heterocycles. The summed E-state index contributed by atoms with van der Waals surface area (Å²) in [5.74, 6) is 1.94. The summed E-state index contributed by atoms with van der Waals surface area (Å²) in [4.78, 5) is 15.7. The summed E-state index contributed by atoms with van der Waals surface area (Å²) in [6.45, 7) is 0. The molecule has 9 aromatic carbocycles. The lowest BCUT2D eigenvalue weighted by Gasteiger charge is -2.11. The Hall–Kier alpha value is -7.47. The van der Waals surface area contributed by atoms with Crippen LogP contribution >= 0.6 is 11.3 Å². The standard InChI is InChI=1S/C53H32N4S/c1-2-13-33(14-3-1)37-18-10-19-38(31-37)51-54-52(39-28-27-34-15-4-5-17-36(34)32-39)56-53(55-51)44-24-11-22-41-42-23-12-26-47(50(42)58-49(41)44)57-45-25-9-8-21-43(45)48-40-20-7-6-16-35(40)29-30-46(48)57/h1-32H. The third-order valence-electron chi connectivity index (χ3n) is 11.4. The summed E-state index contributed by atoms with van der Waals surface area (Å²) in [6, 6.07) is 69.1. The van der Waals surface area contributed by atoms with Crippen molar-refractivity contribution in [3.05, 3.63) is 194 Å². The van der Waals surface area contributed by atoms with Crippen molar-refractivity contribution in [1.82, 2.24) is 19.5 Å². The number of fused-ring (bicyclic) bond motifs is 9. The molecular weight excluding hydrogens is 725 g/mol. The van der Waals surface area contributed by atoms with Gasteiger partial charge >= 0.3 is 0 Å². The first-order valence-corrected chi connectivity index (χ1v) is 20.3. The smallest absolute Gasteiger partial charge is 0.165 e. The van der Waals surface area contributed by atoms with Gasteiger partial charge in [-0.1, -0.05) is 158 Å². The fourth-order valence-corrected chi connectivity index (χ4v) is 10.0. The highest BCUT2D eigenvalue weighted by Gasteiger charge is 2.21. The number of benzene rings is 9. The molecule has 0 aliphatic rings. The van der Waals surface area contributed by atoms with Crippen LogP contribution in [0.25, 0.3) is 115 Å². The predicted octanol–water partition coefficient (Wildman–Crippen LogP) is 14.3. The SMILES string of the molecule is c1ccc(-c2cccc(-c3nc(-c4ccc5ccccc5c4)nc(-c4cccc5c4sc4c(-n6c7ccccc7c7c8ccccc8ccc76)cccc45)n3)c2)cc1. The van der Waals surface area contributed by atoms with Crippen molar-refractivity contribution in [2.24, 2.45) is 0 Å². The van der Waals surface area contributed by atoms with Crippen LogP contribution in [-0.2, 0) is 0 Å². The molecule has 58 heavy (non-hydrogen) atoms. The number of aromatic nitrogens is 4. The minimum Gasteiger partial charge on any atom is -0.308 e. The van der Waals surface area contributed by atoms with E-state index in [0.717, 1.165) is 43.6 Å². The topological polar surface area (TPSA) is 43.6 Å². The second kappa shape index (κ2) is 13.1. The molecule has 12 aromatic rings. The molecule has 0 fully saturated rings. The zero-order valence-electron chi connectivity index (χ0n) is 31.2. The first-order valence-electron chi connectivity index (χ1n) is 19.5. The molecule has 0 N–H and O–H groups in total. The highest BCUT2D eigenvalue weighted by atomic mass is 32.1. The van der Waals surface area contributed by atoms with E-state index in [2.05, 4.69) is 193 Å². The quantitative estimate of drug-likeness (QED) is 0.176. The Bertz CT molecular complexity index is 3580. The van der Waals surface area contributed by atoms with Crippen molar-refractivity contribution >= 4 is 74.9 Å². The minimum absolute atomic E-state index is 0.641. The van der Waals surface area contributed by atoms with Crippen LogP contribution in [-0.4, -0.2) is 19.5 Å². The van der Waals surface area contributed by atoms with Gasteiger partial charge in [0.1, 0.15) is 0 Å². The number of hydrogen-bond acceptors (Lipinski definition) is 4. The average Bonchev–Trinajstić information content (AvgIpc) is 3.85. The Balaban J connectivity index is 1.09. The molecule has 0 aliphatic heterocycles. The fourth-order valence-electron chi connectivity index (χ4n) is 8.71. The number of hydrogen-bond donors (Lipinski definition) is 0. The number of para-hydroxylation sites is 1. The van der Waals surface area contributed by atoms with Gasteiger partial charge in [0.2, 0.25) is 0 Å². The Morgan fingerprint density at radius 2 is 0.948 bits per heavy atom. The van der Waals surface area contributed by atoms with Crippen LogP contribution in [0.5, 0.6) is 0 Å². The Morgan fingerprint density at radius 3 is 1.81 bits per heavy atom. The molecular formula is C53H32N4S. The molecule has 5 heteroatoms. The second-order valence-electron chi connectivity index (χ2n) is 14.8. The van der Waals surface area contributed by atoms with E-state index in [1.54, 1.807) is 0 Å². The van der Waals surface area contributed by atoms with Gasteiger partial charge in [-0.2, -0.15) is 0 Å². The average molecular weight is 757 g/mol. The first kappa shape index (κ1) is 32.7. The summed E-state index contributed by atoms with van der Waals surface area (Å²) in [6.07, 6.45) is 0. The highest BCUT2D eigenvalue weighted by Crippen LogP contribution is 2.45. The number of rotatable bonds is 5. The van der Waals surface area contributed by atoms with Gasteiger partial charge in [-0.3, -0.25) is 0 Å². The Kier molecular flexibility index (Phi) is 7.37. The van der Waals surface area contributed by atoms with Crippen LogP contribution in [0.15, 0.2) is 194 Å². The molecule has 4 nitrogen and oxygen atoms in total. The maximum atomic E-state index is 5.28. The molecule has 0 spiro atoms. The van der Waals surface area contributed by atoms with E-state index < -0.39 is 0 Å². The summed E-state index contributed by atoms with van der Waals surface area (Å²) >= 11 is 1.81. The molecule has 0 radical (unpaired) electrons. The van der Waals surface area contributed by atoms with E-state index in [4.69, 9.17) is 15.0 Å². The second-order valence-corrected chi connectivity index (χ2v) is 15.8. The van der Waals surface area contributed by atoms with Crippen molar-refractivity contribution in [1.29, 1.82) is 0 Å². The highest BCUT2D eigenvalue weighted by molar-refractivity contribution is 7.26. The number of thiophene rings is 1. The zero-order valence-corrected chi connectivity index (χ0v) is 32.0. The van der Waals surface area contributed by atoms with Gasteiger partial charge in [-0.15, -0.1) is 11.3 Å². The molecule has 0 bridgehead atoms. The third-order valence-corrected chi connectivity index (χ3v) is 12.7. The van der Waals surface area contributed by atoms with Crippen LogP contribution in [0.4, 0.5) is 0 Å². The van der Waals surface area contributed by atoms with Gasteiger partial charge < -0.3 is 4.57 Å². The lowest BCUT2D eigenvalue weighted by atomic mass is 10.0. The van der Waals surface area contributed by atoms with E-state index >= 15 is 0 Å². The van der Waals surface area contributed by atoms with Crippen LogP contribution in [0.3, 0.4) is 0 Å². The monoisotopic (exact) mass is 756 g/mol. The van der Waals surface area contributed by atoms with Crippen molar-refractivity contribution in [3.63, 3.8) is 0 Å². The van der Waals surface area contributed by atoms with Crippen molar-refractivity contribution in [3.8, 4) is 51.0 Å². The van der Waals surface area contributed by atoms with Gasteiger partial charge in [0.15, 0.2) is 17.5 Å². The molecule has 12 rings (SSSR count). The zero-order chi connectivity index (χ0) is 38.2. The molecule has 0 saturated carbocycles. The Labute approximate surface area is 338 Å². The van der Waals surface area contributed by atoms with Crippen LogP contribution in [0.2, 0.25) is 0 Å². The summed E-state index contributed by atoms with van der Waals surface area (Å²) in [5, 5.41) is 9.77. The molecule has 3 heterocycles. The van der Waals surface area contributed by atoms with Gasteiger partial charge in [-0.25, -0.2) is 15.0 Å². The van der Waals surface area contributed by atoms with Gasteiger partial charge in [-0.05, 0) is 69.1 Å². The van der Waals surface area contributed by atoms with Gasteiger partial charge in [0.05, 0.1) is 21.4 Å². The maximum Gasteiger partial charge on any atom is 0.165 e. The van der Waals surface area contributed by atoms with Crippen LogP contribution in [0.1, 0.15) is 0 Å². The Morgan fingerprint density at radius 1 is 0.345 bits per heavy atom. The van der Waals surface area contributed by atoms with E-state index in [9.17, 15) is 0 Å². The third kappa shape index (κ3) is 5.18. The van der Waals surface area contributed by atoms with E-state index in [-0.39, 0.29) is 0 Å². The molecule has 0 unspecified atom stereocenters. The van der Waals surface area contributed by atoms with Crippen molar-refractivity contribution < 1.29 is 0 Å². The summed E-state index contributed by atoms with van der Waals surface area (Å²) < 4.78 is 4.82. The maximum absolute atomic E-state index is 5.28. The number of nitrogens with zero attached hydrogens (tertiary/aromatic N) is 4. The first-order chi connectivity index (χ1) is 28.7. The summed E-state index contributed by atoms with van der Waals surface area (Å²) in [5.41, 5.74) is 8.70. The van der Waals surface area contributed by atoms with Gasteiger partial charge in [0, 0.05) is 42.9 Å². The molecule has 3 aromatic heterocycles. The molecule has 0 amide bonds. The van der Waals surface area contributed by atoms with E-state index in [1.165, 1.54) is 53.4 Å². The molecule has 0 atom stereocenters. The normalized spacial score (nSPS) is 11.8. The summed E-state index contributed by atoms with van der Waals surface area (Å²) in [7, 11) is 0. The molecule has 270 valence electrons. The van der Waals surface area contributed by atoms with Crippen molar-refractivity contribution in [2.45, 2.75) is 0 Å². The van der Waals surface area contributed by atoms with Crippen LogP contribution < -0.4 is 0 Å². The largest absolute Gasteiger partial charge is 0.308 e. The lowest BCUT2D eigenvalue weighted by Crippen LogP contribution is -2.00. The van der Waals surface area contributed by atoms with E-state index in [1.807, 2.05) is 17.4 Å².